The van der Waals surface area contributed by atoms with Crippen molar-refractivity contribution in [3.05, 3.63) is 41.2 Å². The van der Waals surface area contributed by atoms with Gasteiger partial charge in [-0.15, -0.1) is 6.58 Å². The van der Waals surface area contributed by atoms with Crippen molar-refractivity contribution in [2.75, 3.05) is 0 Å². The number of hydrogen-bond acceptors (Lipinski definition) is 2. The molecule has 0 saturated heterocycles. The molecule has 0 radical (unpaired) electrons. The van der Waals surface area contributed by atoms with Crippen molar-refractivity contribution in [1.29, 1.82) is 0 Å². The molecule has 0 amide bonds. The first kappa shape index (κ1) is 10.4. The first-order chi connectivity index (χ1) is 6.22. The van der Waals surface area contributed by atoms with E-state index in [4.69, 9.17) is 5.73 Å². The van der Waals surface area contributed by atoms with E-state index in [9.17, 15) is 0 Å². The molecule has 0 aliphatic carbocycles. The van der Waals surface area contributed by atoms with Gasteiger partial charge in [0.2, 0.25) is 0 Å². The lowest BCUT2D eigenvalue weighted by Crippen LogP contribution is -2.22. The Morgan fingerprint density at radius 3 is 2.92 bits per heavy atom. The molecular weight excluding hydrogens is 228 g/mol. The van der Waals surface area contributed by atoms with Gasteiger partial charge in [-0.1, -0.05) is 6.08 Å². The Morgan fingerprint density at radius 2 is 2.38 bits per heavy atom. The molecule has 0 spiro atoms. The maximum Gasteiger partial charge on any atom is 0.0420 e. The first-order valence-electron chi connectivity index (χ1n) is 4.19. The van der Waals surface area contributed by atoms with E-state index in [1.807, 2.05) is 18.2 Å². The van der Waals surface area contributed by atoms with Crippen LogP contribution in [-0.2, 0) is 6.42 Å². The fourth-order valence-corrected chi connectivity index (χ4v) is 1.33. The van der Waals surface area contributed by atoms with Gasteiger partial charge in [0.1, 0.15) is 0 Å². The Hall–Kier alpha value is -0.670. The minimum Gasteiger partial charge on any atom is -0.327 e. The molecule has 2 N–H and O–H groups in total. The molecule has 0 aromatic carbocycles. The summed E-state index contributed by atoms with van der Waals surface area (Å²) in [5, 5.41) is 0. The molecule has 1 unspecified atom stereocenters. The fraction of sp³-hybridized carbons (Fsp3) is 0.300. The van der Waals surface area contributed by atoms with Crippen LogP contribution in [0.5, 0.6) is 0 Å². The normalized spacial score (nSPS) is 12.5. The summed E-state index contributed by atoms with van der Waals surface area (Å²) in [4.78, 5) is 4.24. The second kappa shape index (κ2) is 5.14. The summed E-state index contributed by atoms with van der Waals surface area (Å²) in [6.07, 6.45) is 5.26. The topological polar surface area (TPSA) is 38.9 Å². The van der Waals surface area contributed by atoms with Crippen LogP contribution in [0.1, 0.15) is 12.1 Å². The lowest BCUT2D eigenvalue weighted by molar-refractivity contribution is 0.668. The molecule has 3 heteroatoms. The van der Waals surface area contributed by atoms with E-state index >= 15 is 0 Å². The first-order valence-corrected chi connectivity index (χ1v) is 4.98. The quantitative estimate of drug-likeness (QED) is 0.821. The van der Waals surface area contributed by atoms with Crippen molar-refractivity contribution in [3.63, 3.8) is 0 Å². The highest BCUT2D eigenvalue weighted by Gasteiger charge is 2.02. The number of aromatic nitrogens is 1. The highest BCUT2D eigenvalue weighted by atomic mass is 79.9. The Balaban J connectivity index is 2.53. The van der Waals surface area contributed by atoms with Crippen LogP contribution in [0.2, 0.25) is 0 Å². The zero-order valence-corrected chi connectivity index (χ0v) is 9.00. The number of nitrogens with zero attached hydrogens (tertiary/aromatic N) is 1. The maximum atomic E-state index is 5.83. The summed E-state index contributed by atoms with van der Waals surface area (Å²) in [6.45, 7) is 3.65. The van der Waals surface area contributed by atoms with E-state index in [0.29, 0.717) is 0 Å². The van der Waals surface area contributed by atoms with Crippen LogP contribution in [0.4, 0.5) is 0 Å². The van der Waals surface area contributed by atoms with Gasteiger partial charge in [0.05, 0.1) is 0 Å². The van der Waals surface area contributed by atoms with Crippen molar-refractivity contribution >= 4 is 15.9 Å². The minimum absolute atomic E-state index is 0.131. The van der Waals surface area contributed by atoms with Gasteiger partial charge in [0.25, 0.3) is 0 Å². The number of nitrogens with two attached hydrogens (primary N) is 1. The van der Waals surface area contributed by atoms with Crippen LogP contribution >= 0.6 is 15.9 Å². The number of hydrogen-bond donors (Lipinski definition) is 1. The number of rotatable bonds is 4. The Morgan fingerprint density at radius 1 is 1.62 bits per heavy atom. The largest absolute Gasteiger partial charge is 0.327 e. The molecular formula is C10H13BrN2. The van der Waals surface area contributed by atoms with Crippen molar-refractivity contribution in [3.8, 4) is 0 Å². The van der Waals surface area contributed by atoms with Crippen LogP contribution in [-0.4, -0.2) is 11.0 Å². The Kier molecular flexibility index (Phi) is 4.12. The smallest absolute Gasteiger partial charge is 0.0420 e. The average Bonchev–Trinajstić information content (AvgIpc) is 2.09. The molecule has 0 bridgehead atoms. The Bertz CT molecular complexity index is 269. The second-order valence-electron chi connectivity index (χ2n) is 2.96. The minimum atomic E-state index is 0.131. The van der Waals surface area contributed by atoms with Gasteiger partial charge in [-0.05, 0) is 34.5 Å². The summed E-state index contributed by atoms with van der Waals surface area (Å²) in [7, 11) is 0. The predicted octanol–water partition coefficient (Wildman–Crippen LogP) is 2.29. The van der Waals surface area contributed by atoms with Gasteiger partial charge in [-0.3, -0.25) is 4.98 Å². The van der Waals surface area contributed by atoms with E-state index in [-0.39, 0.29) is 6.04 Å². The van der Waals surface area contributed by atoms with E-state index in [0.717, 1.165) is 23.0 Å². The lowest BCUT2D eigenvalue weighted by Gasteiger charge is -2.07. The van der Waals surface area contributed by atoms with Gasteiger partial charge < -0.3 is 5.73 Å². The molecule has 70 valence electrons. The predicted molar refractivity (Wildman–Crippen MR) is 58.4 cm³/mol. The average molecular weight is 241 g/mol. The van der Waals surface area contributed by atoms with Crippen molar-refractivity contribution in [2.24, 2.45) is 5.73 Å². The van der Waals surface area contributed by atoms with E-state index < -0.39 is 0 Å². The van der Waals surface area contributed by atoms with E-state index in [1.54, 1.807) is 6.20 Å². The van der Waals surface area contributed by atoms with Crippen LogP contribution in [0.15, 0.2) is 35.5 Å². The fourth-order valence-electron chi connectivity index (χ4n) is 1.09. The van der Waals surface area contributed by atoms with Crippen LogP contribution in [0.3, 0.4) is 0 Å². The molecule has 13 heavy (non-hydrogen) atoms. The zero-order chi connectivity index (χ0) is 9.68. The van der Waals surface area contributed by atoms with Crippen molar-refractivity contribution < 1.29 is 0 Å². The molecule has 0 saturated carbocycles. The monoisotopic (exact) mass is 240 g/mol. The summed E-state index contributed by atoms with van der Waals surface area (Å²) >= 11 is 3.33. The van der Waals surface area contributed by atoms with Crippen LogP contribution in [0, 0.1) is 0 Å². The van der Waals surface area contributed by atoms with Gasteiger partial charge >= 0.3 is 0 Å². The Labute approximate surface area is 87.0 Å². The molecule has 1 rings (SSSR count). The molecule has 1 atom stereocenters. The maximum absolute atomic E-state index is 5.83. The van der Waals surface area contributed by atoms with Crippen LogP contribution in [0.25, 0.3) is 0 Å². The van der Waals surface area contributed by atoms with Crippen molar-refractivity contribution in [1.82, 2.24) is 4.98 Å². The van der Waals surface area contributed by atoms with Gasteiger partial charge in [-0.2, -0.15) is 0 Å². The van der Waals surface area contributed by atoms with Gasteiger partial charge in [0.15, 0.2) is 0 Å². The summed E-state index contributed by atoms with van der Waals surface area (Å²) in [5.41, 5.74) is 6.86. The summed E-state index contributed by atoms with van der Waals surface area (Å²) < 4.78 is 0.994. The third-order valence-electron chi connectivity index (χ3n) is 1.73. The molecule has 0 fully saturated rings. The third-order valence-corrected chi connectivity index (χ3v) is 2.20. The molecule has 2 nitrogen and oxygen atoms in total. The lowest BCUT2D eigenvalue weighted by atomic mass is 10.1. The molecule has 1 aromatic heterocycles. The SMILES string of the molecule is C=CCC(N)Cc1ccc(Br)cn1. The van der Waals surface area contributed by atoms with E-state index in [2.05, 4.69) is 27.5 Å². The molecule has 1 heterocycles. The molecule has 1 aromatic rings. The standard InChI is InChI=1S/C10H13BrN2/c1-2-3-9(12)6-10-5-4-8(11)7-13-10/h2,4-5,7,9H,1,3,6,12H2. The number of pyridine rings is 1. The second-order valence-corrected chi connectivity index (χ2v) is 3.87. The number of halogens is 1. The van der Waals surface area contributed by atoms with Crippen molar-refractivity contribution in [2.45, 2.75) is 18.9 Å². The van der Waals surface area contributed by atoms with Gasteiger partial charge in [0, 0.05) is 28.8 Å². The summed E-state index contributed by atoms with van der Waals surface area (Å²) in [5.74, 6) is 0. The zero-order valence-electron chi connectivity index (χ0n) is 7.41. The van der Waals surface area contributed by atoms with E-state index in [1.165, 1.54) is 0 Å². The van der Waals surface area contributed by atoms with Crippen LogP contribution < -0.4 is 5.73 Å². The molecule has 0 aliphatic heterocycles. The summed E-state index contributed by atoms with van der Waals surface area (Å²) in [6, 6.07) is 4.09. The van der Waals surface area contributed by atoms with Gasteiger partial charge in [-0.25, -0.2) is 0 Å². The highest BCUT2D eigenvalue weighted by Crippen LogP contribution is 2.09. The highest BCUT2D eigenvalue weighted by molar-refractivity contribution is 9.10. The molecule has 0 aliphatic rings. The third kappa shape index (κ3) is 3.70.